The second-order valence-corrected chi connectivity index (χ2v) is 20.7. The van der Waals surface area contributed by atoms with Crippen LogP contribution in [0.4, 0.5) is 17.1 Å². The van der Waals surface area contributed by atoms with Crippen LogP contribution in [0.3, 0.4) is 0 Å². The molecule has 4 saturated carbocycles. The number of nitrogens with zero attached hydrogens (tertiary/aromatic N) is 1. The molecule has 278 valence electrons. The maximum Gasteiger partial charge on any atom is 0.0502 e. The van der Waals surface area contributed by atoms with Crippen LogP contribution in [0, 0.1) is 29.1 Å². The smallest absolute Gasteiger partial charge is 0.0502 e. The molecule has 6 aromatic rings. The lowest BCUT2D eigenvalue weighted by atomic mass is 9.26. The van der Waals surface area contributed by atoms with E-state index in [1.807, 2.05) is 0 Å². The normalized spacial score (nSPS) is 29.0. The van der Waals surface area contributed by atoms with Crippen LogP contribution in [0.5, 0.6) is 0 Å². The van der Waals surface area contributed by atoms with Gasteiger partial charge in [-0.25, -0.2) is 0 Å². The van der Waals surface area contributed by atoms with Crippen molar-refractivity contribution >= 4 is 28.8 Å². The van der Waals surface area contributed by atoms with Crippen molar-refractivity contribution in [3.8, 4) is 22.3 Å². The topological polar surface area (TPSA) is 3.24 Å². The first-order valence-corrected chi connectivity index (χ1v) is 22.1. The highest BCUT2D eigenvalue weighted by Gasteiger charge is 2.84. The standard InChI is InChI=1S/C54H51NS/c1-51(2)27-28-52(3,4)49-43(51)18-12-20-45(49)55(39-23-21-36(22-24-39)35-13-7-5-8-14-35)40-25-26-42-46(32-40)56-50-41(37-15-9-6-10-16-37)17-11-19-44(50)54(42)47-30-34-29-38-31-48(54)53(38,47)33-34/h5-26,32,34,38,47-48H,27-31,33H2,1-4H3. The number of anilines is 3. The Kier molecular flexibility index (Phi) is 6.92. The van der Waals surface area contributed by atoms with Crippen molar-refractivity contribution in [1.82, 2.24) is 0 Å². The highest BCUT2D eigenvalue weighted by molar-refractivity contribution is 7.99. The molecule has 0 N–H and O–H groups in total. The lowest BCUT2D eigenvalue weighted by Gasteiger charge is -2.78. The summed E-state index contributed by atoms with van der Waals surface area (Å²) in [6.07, 6.45) is 8.19. The summed E-state index contributed by atoms with van der Waals surface area (Å²) >= 11 is 2.05. The van der Waals surface area contributed by atoms with Crippen LogP contribution in [-0.2, 0) is 16.2 Å². The SMILES string of the molecule is CC1(C)CCC(C)(C)c2c(N(c3ccc(-c4ccccc4)cc3)c3ccc4c(c3)Sc3c(-c5ccccc5)cccc3C43C4CC5CC6CC3C64C5)cccc21. The summed E-state index contributed by atoms with van der Waals surface area (Å²) in [6.45, 7) is 9.85. The van der Waals surface area contributed by atoms with Gasteiger partial charge in [-0.2, -0.15) is 0 Å². The van der Waals surface area contributed by atoms with E-state index in [9.17, 15) is 0 Å². The Hall–Kier alpha value is -4.53. The van der Waals surface area contributed by atoms with Gasteiger partial charge in [0.15, 0.2) is 0 Å². The molecular formula is C54H51NS. The molecule has 2 bridgehead atoms. The van der Waals surface area contributed by atoms with E-state index >= 15 is 0 Å². The Morgan fingerprint density at radius 3 is 1.98 bits per heavy atom. The van der Waals surface area contributed by atoms with Crippen molar-refractivity contribution < 1.29 is 0 Å². The van der Waals surface area contributed by atoms with Gasteiger partial charge in [-0.15, -0.1) is 0 Å². The highest BCUT2D eigenvalue weighted by atomic mass is 32.2. The fraction of sp³-hybridized carbons (Fsp3) is 0.333. The quantitative estimate of drug-likeness (QED) is 0.173. The van der Waals surface area contributed by atoms with Crippen molar-refractivity contribution in [3.05, 3.63) is 162 Å². The molecule has 12 rings (SSSR count). The highest BCUT2D eigenvalue weighted by Crippen LogP contribution is 2.89. The molecular weight excluding hydrogens is 695 g/mol. The first kappa shape index (κ1) is 33.6. The molecule has 0 saturated heterocycles. The Balaban J connectivity index is 1.07. The molecule has 0 radical (unpaired) electrons. The lowest BCUT2D eigenvalue weighted by Crippen LogP contribution is -2.74. The minimum Gasteiger partial charge on any atom is -0.310 e. The van der Waals surface area contributed by atoms with Crippen LogP contribution in [0.2, 0.25) is 0 Å². The van der Waals surface area contributed by atoms with E-state index in [-0.39, 0.29) is 16.2 Å². The predicted octanol–water partition coefficient (Wildman–Crippen LogP) is 14.7. The molecule has 1 aliphatic heterocycles. The Bertz CT molecular complexity index is 2550. The molecule has 6 unspecified atom stereocenters. The van der Waals surface area contributed by atoms with Gasteiger partial charge in [0.25, 0.3) is 0 Å². The predicted molar refractivity (Wildman–Crippen MR) is 233 cm³/mol. The average Bonchev–Trinajstić information content (AvgIpc) is 3.76. The molecule has 6 aromatic carbocycles. The van der Waals surface area contributed by atoms with Crippen molar-refractivity contribution in [3.63, 3.8) is 0 Å². The van der Waals surface area contributed by atoms with Gasteiger partial charge in [-0.05, 0) is 153 Å². The van der Waals surface area contributed by atoms with E-state index in [0.29, 0.717) is 5.41 Å². The van der Waals surface area contributed by atoms with Gasteiger partial charge < -0.3 is 4.90 Å². The third-order valence-electron chi connectivity index (χ3n) is 16.2. The van der Waals surface area contributed by atoms with Crippen LogP contribution in [-0.4, -0.2) is 0 Å². The van der Waals surface area contributed by atoms with Gasteiger partial charge >= 0.3 is 0 Å². The second-order valence-electron chi connectivity index (χ2n) is 19.6. The third kappa shape index (κ3) is 4.30. The van der Waals surface area contributed by atoms with Gasteiger partial charge in [-0.1, -0.05) is 149 Å². The number of hydrogen-bond donors (Lipinski definition) is 0. The van der Waals surface area contributed by atoms with Crippen molar-refractivity contribution in [2.75, 3.05) is 4.90 Å². The summed E-state index contributed by atoms with van der Waals surface area (Å²) in [7, 11) is 0. The molecule has 1 nitrogen and oxygen atoms in total. The summed E-state index contributed by atoms with van der Waals surface area (Å²) in [4.78, 5) is 5.58. The van der Waals surface area contributed by atoms with Crippen LogP contribution < -0.4 is 4.90 Å². The van der Waals surface area contributed by atoms with Gasteiger partial charge in [-0.3, -0.25) is 0 Å². The molecule has 2 spiro atoms. The van der Waals surface area contributed by atoms with Crippen molar-refractivity contribution in [2.45, 2.75) is 92.3 Å². The maximum atomic E-state index is 2.61. The summed E-state index contributed by atoms with van der Waals surface area (Å²) in [6, 6.07) is 53.5. The lowest BCUT2D eigenvalue weighted by molar-refractivity contribution is -0.235. The van der Waals surface area contributed by atoms with E-state index < -0.39 is 0 Å². The number of benzene rings is 6. The first-order chi connectivity index (χ1) is 27.2. The van der Waals surface area contributed by atoms with E-state index in [1.165, 1.54) is 98.8 Å². The zero-order valence-corrected chi connectivity index (χ0v) is 34.0. The van der Waals surface area contributed by atoms with Crippen LogP contribution in [0.25, 0.3) is 22.3 Å². The zero-order valence-electron chi connectivity index (χ0n) is 33.2. The average molecular weight is 746 g/mol. The van der Waals surface area contributed by atoms with Crippen LogP contribution in [0.1, 0.15) is 88.5 Å². The largest absolute Gasteiger partial charge is 0.310 e. The summed E-state index contributed by atoms with van der Waals surface area (Å²) in [5, 5.41) is 0. The number of rotatable bonds is 5. The zero-order chi connectivity index (χ0) is 37.6. The van der Waals surface area contributed by atoms with Crippen molar-refractivity contribution in [2.24, 2.45) is 29.1 Å². The van der Waals surface area contributed by atoms with E-state index in [0.717, 1.165) is 23.7 Å². The fourth-order valence-electron chi connectivity index (χ4n) is 13.9. The minimum absolute atomic E-state index is 0.0585. The van der Waals surface area contributed by atoms with Crippen LogP contribution >= 0.6 is 11.8 Å². The molecule has 6 aliphatic rings. The number of hydrogen-bond acceptors (Lipinski definition) is 2. The van der Waals surface area contributed by atoms with E-state index in [4.69, 9.17) is 0 Å². The monoisotopic (exact) mass is 745 g/mol. The third-order valence-corrected chi connectivity index (χ3v) is 17.4. The maximum absolute atomic E-state index is 2.61. The first-order valence-electron chi connectivity index (χ1n) is 21.3. The second kappa shape index (κ2) is 11.5. The van der Waals surface area contributed by atoms with E-state index in [2.05, 4.69) is 184 Å². The molecule has 0 aromatic heterocycles. The molecule has 0 amide bonds. The van der Waals surface area contributed by atoms with Gasteiger partial charge in [0.1, 0.15) is 0 Å². The minimum atomic E-state index is 0.0585. The van der Waals surface area contributed by atoms with Gasteiger partial charge in [0.05, 0.1) is 5.69 Å². The summed E-state index contributed by atoms with van der Waals surface area (Å²) in [5.74, 6) is 3.42. The van der Waals surface area contributed by atoms with Gasteiger partial charge in [0.2, 0.25) is 0 Å². The molecule has 2 heteroatoms. The van der Waals surface area contributed by atoms with E-state index in [1.54, 1.807) is 11.1 Å². The molecule has 56 heavy (non-hydrogen) atoms. The molecule has 5 aliphatic carbocycles. The van der Waals surface area contributed by atoms with Crippen LogP contribution in [0.15, 0.2) is 149 Å². The van der Waals surface area contributed by atoms with Crippen molar-refractivity contribution in [1.29, 1.82) is 0 Å². The Morgan fingerprint density at radius 1 is 0.554 bits per heavy atom. The Morgan fingerprint density at radius 2 is 1.21 bits per heavy atom. The molecule has 4 fully saturated rings. The van der Waals surface area contributed by atoms with Gasteiger partial charge in [0, 0.05) is 26.6 Å². The Labute approximate surface area is 337 Å². The fourth-order valence-corrected chi connectivity index (χ4v) is 15.3. The summed E-state index contributed by atoms with van der Waals surface area (Å²) in [5.41, 5.74) is 16.2. The molecule has 1 heterocycles. The summed E-state index contributed by atoms with van der Waals surface area (Å²) < 4.78 is 0. The molecule has 6 atom stereocenters. The number of fused-ring (bicyclic) bond motifs is 8.